The molecule has 9 heteroatoms. The Labute approximate surface area is 150 Å². The van der Waals surface area contributed by atoms with Gasteiger partial charge in [-0.1, -0.05) is 11.2 Å². The third-order valence-electron chi connectivity index (χ3n) is 3.67. The van der Waals surface area contributed by atoms with Gasteiger partial charge in [0.05, 0.1) is 11.4 Å². The van der Waals surface area contributed by atoms with Crippen LogP contribution in [0.25, 0.3) is 11.4 Å². The number of nitrogens with zero attached hydrogens (tertiary/aromatic N) is 3. The van der Waals surface area contributed by atoms with Crippen LogP contribution in [0.5, 0.6) is 0 Å². The number of rotatable bonds is 6. The third-order valence-corrected chi connectivity index (χ3v) is 6.16. The van der Waals surface area contributed by atoms with Gasteiger partial charge >= 0.3 is 0 Å². The summed E-state index contributed by atoms with van der Waals surface area (Å²) in [7, 11) is -0.468. The molecule has 0 atom stereocenters. The van der Waals surface area contributed by atoms with Crippen molar-refractivity contribution in [2.75, 3.05) is 19.4 Å². The highest BCUT2D eigenvalue weighted by molar-refractivity contribution is 7.89. The lowest BCUT2D eigenvalue weighted by atomic mass is 10.2. The van der Waals surface area contributed by atoms with Crippen molar-refractivity contribution in [3.8, 4) is 11.4 Å². The van der Waals surface area contributed by atoms with Gasteiger partial charge in [0, 0.05) is 30.7 Å². The topological polar surface area (TPSA) is 88.3 Å². The summed E-state index contributed by atoms with van der Waals surface area (Å²) in [5.41, 5.74) is 2.55. The van der Waals surface area contributed by atoms with Crippen LogP contribution in [0.4, 0.5) is 5.69 Å². The molecule has 0 spiro atoms. The number of anilines is 1. The lowest BCUT2D eigenvalue weighted by Crippen LogP contribution is -2.22. The lowest BCUT2D eigenvalue weighted by molar-refractivity contribution is 0.384. The first kappa shape index (κ1) is 17.6. The van der Waals surface area contributed by atoms with E-state index in [2.05, 4.69) is 15.5 Å². The summed E-state index contributed by atoms with van der Waals surface area (Å²) in [4.78, 5) is 4.57. The molecule has 0 aliphatic rings. The average molecular weight is 378 g/mol. The standard InChI is InChI=1S/C16H18N4O3S2/c1-11-4-5-13(25(21,22)20(2)3)8-14(11)17-9-15-18-16(19-23-15)12-6-7-24-10-12/h4-8,10,17H,9H2,1-3H3. The van der Waals surface area contributed by atoms with Crippen molar-refractivity contribution < 1.29 is 12.9 Å². The Morgan fingerprint density at radius 1 is 1.28 bits per heavy atom. The van der Waals surface area contributed by atoms with Crippen LogP contribution in [0.2, 0.25) is 0 Å². The van der Waals surface area contributed by atoms with E-state index in [0.717, 1.165) is 11.1 Å². The lowest BCUT2D eigenvalue weighted by Gasteiger charge is -2.14. The van der Waals surface area contributed by atoms with Crippen LogP contribution in [-0.4, -0.2) is 37.0 Å². The SMILES string of the molecule is Cc1ccc(S(=O)(=O)N(C)C)cc1NCc1nc(-c2ccsc2)no1. The molecular weight excluding hydrogens is 360 g/mol. The van der Waals surface area contributed by atoms with Crippen LogP contribution in [0, 0.1) is 6.92 Å². The molecule has 0 unspecified atom stereocenters. The Morgan fingerprint density at radius 2 is 2.08 bits per heavy atom. The van der Waals surface area contributed by atoms with Gasteiger partial charge < -0.3 is 9.84 Å². The normalized spacial score (nSPS) is 11.8. The van der Waals surface area contributed by atoms with Crippen LogP contribution in [0.3, 0.4) is 0 Å². The van der Waals surface area contributed by atoms with E-state index in [4.69, 9.17) is 4.52 Å². The van der Waals surface area contributed by atoms with Crippen LogP contribution >= 0.6 is 11.3 Å². The average Bonchev–Trinajstić information content (AvgIpc) is 3.25. The Kier molecular flexibility index (Phi) is 4.89. The summed E-state index contributed by atoms with van der Waals surface area (Å²) < 4.78 is 31.0. The second kappa shape index (κ2) is 6.95. The van der Waals surface area contributed by atoms with Crippen molar-refractivity contribution in [2.24, 2.45) is 0 Å². The van der Waals surface area contributed by atoms with E-state index in [9.17, 15) is 8.42 Å². The van der Waals surface area contributed by atoms with Crippen LogP contribution in [0.1, 0.15) is 11.5 Å². The van der Waals surface area contributed by atoms with Gasteiger partial charge in [-0.15, -0.1) is 0 Å². The maximum Gasteiger partial charge on any atom is 0.246 e. The molecule has 1 N–H and O–H groups in total. The van der Waals surface area contributed by atoms with Crippen LogP contribution in [0.15, 0.2) is 44.4 Å². The predicted molar refractivity (Wildman–Crippen MR) is 97.0 cm³/mol. The van der Waals surface area contributed by atoms with Gasteiger partial charge in [0.2, 0.25) is 21.7 Å². The van der Waals surface area contributed by atoms with E-state index in [-0.39, 0.29) is 4.90 Å². The predicted octanol–water partition coefficient (Wildman–Crippen LogP) is 2.97. The third kappa shape index (κ3) is 3.73. The highest BCUT2D eigenvalue weighted by Crippen LogP contribution is 2.23. The Bertz CT molecular complexity index is 963. The molecule has 0 amide bonds. The number of sulfonamides is 1. The molecule has 0 saturated carbocycles. The smallest absolute Gasteiger partial charge is 0.246 e. The van der Waals surface area contributed by atoms with Gasteiger partial charge in [0.15, 0.2) is 0 Å². The molecule has 1 aromatic carbocycles. The fourth-order valence-corrected chi connectivity index (χ4v) is 3.73. The molecule has 7 nitrogen and oxygen atoms in total. The highest BCUT2D eigenvalue weighted by atomic mass is 32.2. The fraction of sp³-hybridized carbons (Fsp3) is 0.250. The maximum atomic E-state index is 12.3. The zero-order valence-corrected chi connectivity index (χ0v) is 15.7. The largest absolute Gasteiger partial charge is 0.376 e. The first-order valence-electron chi connectivity index (χ1n) is 7.50. The van der Waals surface area contributed by atoms with E-state index in [1.807, 2.05) is 23.8 Å². The van der Waals surface area contributed by atoms with Crippen molar-refractivity contribution in [3.05, 3.63) is 46.5 Å². The van der Waals surface area contributed by atoms with E-state index < -0.39 is 10.0 Å². The van der Waals surface area contributed by atoms with Crippen molar-refractivity contribution >= 4 is 27.0 Å². The van der Waals surface area contributed by atoms with Crippen molar-refractivity contribution in [3.63, 3.8) is 0 Å². The van der Waals surface area contributed by atoms with E-state index >= 15 is 0 Å². The molecule has 132 valence electrons. The minimum absolute atomic E-state index is 0.232. The molecular formula is C16H18N4O3S2. The van der Waals surface area contributed by atoms with Crippen molar-refractivity contribution in [2.45, 2.75) is 18.4 Å². The maximum absolute atomic E-state index is 12.3. The summed E-state index contributed by atoms with van der Waals surface area (Å²) in [6.07, 6.45) is 0. The number of benzene rings is 1. The highest BCUT2D eigenvalue weighted by Gasteiger charge is 2.18. The summed E-state index contributed by atoms with van der Waals surface area (Å²) in [6, 6.07) is 6.90. The molecule has 0 saturated heterocycles. The number of nitrogens with one attached hydrogen (secondary N) is 1. The molecule has 2 heterocycles. The number of hydrogen-bond donors (Lipinski definition) is 1. The first-order chi connectivity index (χ1) is 11.9. The van der Waals surface area contributed by atoms with Gasteiger partial charge in [0.1, 0.15) is 0 Å². The molecule has 0 fully saturated rings. The summed E-state index contributed by atoms with van der Waals surface area (Å²) >= 11 is 1.56. The van der Waals surface area contributed by atoms with Crippen molar-refractivity contribution in [1.82, 2.24) is 14.4 Å². The molecule has 0 aliphatic carbocycles. The molecule has 3 aromatic rings. The molecule has 0 radical (unpaired) electrons. The zero-order chi connectivity index (χ0) is 18.0. The zero-order valence-electron chi connectivity index (χ0n) is 14.1. The summed E-state index contributed by atoms with van der Waals surface area (Å²) in [5.74, 6) is 0.972. The Morgan fingerprint density at radius 3 is 2.76 bits per heavy atom. The van der Waals surface area contributed by atoms with Crippen LogP contribution in [-0.2, 0) is 16.6 Å². The first-order valence-corrected chi connectivity index (χ1v) is 9.88. The summed E-state index contributed by atoms with van der Waals surface area (Å²) in [6.45, 7) is 2.21. The van der Waals surface area contributed by atoms with E-state index in [0.29, 0.717) is 23.9 Å². The second-order valence-electron chi connectivity index (χ2n) is 5.64. The number of aromatic nitrogens is 2. The second-order valence-corrected chi connectivity index (χ2v) is 8.57. The van der Waals surface area contributed by atoms with Gasteiger partial charge in [-0.25, -0.2) is 12.7 Å². The molecule has 0 aliphatic heterocycles. The van der Waals surface area contributed by atoms with Crippen molar-refractivity contribution in [1.29, 1.82) is 0 Å². The van der Waals surface area contributed by atoms with Gasteiger partial charge in [0.25, 0.3) is 0 Å². The minimum atomic E-state index is -3.48. The Hall–Kier alpha value is -2.23. The monoisotopic (exact) mass is 378 g/mol. The molecule has 0 bridgehead atoms. The minimum Gasteiger partial charge on any atom is -0.376 e. The number of hydrogen-bond acceptors (Lipinski definition) is 7. The molecule has 2 aromatic heterocycles. The number of aryl methyl sites for hydroxylation is 1. The van der Waals surface area contributed by atoms with E-state index in [1.54, 1.807) is 29.5 Å². The van der Waals surface area contributed by atoms with E-state index in [1.165, 1.54) is 18.4 Å². The Balaban J connectivity index is 1.77. The van der Waals surface area contributed by atoms with Crippen LogP contribution < -0.4 is 5.32 Å². The fourth-order valence-electron chi connectivity index (χ4n) is 2.17. The summed E-state index contributed by atoms with van der Waals surface area (Å²) in [5, 5.41) is 11.0. The number of thiophene rings is 1. The van der Waals surface area contributed by atoms with Gasteiger partial charge in [-0.3, -0.25) is 0 Å². The molecule has 25 heavy (non-hydrogen) atoms. The van der Waals surface area contributed by atoms with Gasteiger partial charge in [-0.05, 0) is 36.1 Å². The quantitative estimate of drug-likeness (QED) is 0.709. The molecule has 3 rings (SSSR count). The van der Waals surface area contributed by atoms with Gasteiger partial charge in [-0.2, -0.15) is 16.3 Å².